The maximum atomic E-state index is 12.5. The third-order valence-corrected chi connectivity index (χ3v) is 5.84. The number of halogens is 1. The second-order valence-electron chi connectivity index (χ2n) is 6.87. The molecule has 27 heavy (non-hydrogen) atoms. The maximum absolute atomic E-state index is 12.5. The van der Waals surface area contributed by atoms with Crippen molar-refractivity contribution >= 4 is 27.8 Å². The largest absolute Gasteiger partial charge is 0.331 e. The number of anilines is 1. The first kappa shape index (κ1) is 17.8. The van der Waals surface area contributed by atoms with Gasteiger partial charge in [-0.1, -0.05) is 46.3 Å². The molecule has 0 saturated carbocycles. The Morgan fingerprint density at radius 2 is 2.07 bits per heavy atom. The van der Waals surface area contributed by atoms with Crippen LogP contribution in [0.1, 0.15) is 35.6 Å². The number of benzene rings is 2. The second-order valence-corrected chi connectivity index (χ2v) is 7.73. The molecule has 1 aromatic heterocycles. The number of nitrogens with zero attached hydrogens (tertiary/aromatic N) is 1. The predicted octanol–water partition coefficient (Wildman–Crippen LogP) is 5.35. The topological polar surface area (TPSA) is 69.8 Å². The molecule has 0 saturated heterocycles. The quantitative estimate of drug-likeness (QED) is 0.530. The minimum absolute atomic E-state index is 0.0477. The van der Waals surface area contributed by atoms with Crippen LogP contribution in [0.15, 0.2) is 53.0 Å². The lowest BCUT2D eigenvalue weighted by Crippen LogP contribution is -2.34. The van der Waals surface area contributed by atoms with Crippen molar-refractivity contribution in [3.05, 3.63) is 69.7 Å². The number of urea groups is 1. The van der Waals surface area contributed by atoms with Crippen LogP contribution >= 0.6 is 15.9 Å². The Balaban J connectivity index is 1.44. The Kier molecular flexibility index (Phi) is 4.99. The van der Waals surface area contributed by atoms with E-state index in [4.69, 9.17) is 0 Å². The normalized spacial score (nSPS) is 15.9. The molecule has 6 heteroatoms. The highest BCUT2D eigenvalue weighted by Gasteiger charge is 2.21. The lowest BCUT2D eigenvalue weighted by molar-refractivity contribution is 0.247. The molecule has 0 bridgehead atoms. The van der Waals surface area contributed by atoms with E-state index in [0.717, 1.165) is 40.6 Å². The van der Waals surface area contributed by atoms with Crippen molar-refractivity contribution in [2.45, 2.75) is 32.2 Å². The van der Waals surface area contributed by atoms with Gasteiger partial charge in [0.05, 0.1) is 11.7 Å². The van der Waals surface area contributed by atoms with E-state index in [2.05, 4.69) is 61.0 Å². The van der Waals surface area contributed by atoms with E-state index in [1.165, 1.54) is 11.1 Å². The number of hydrogen-bond donors (Lipinski definition) is 3. The van der Waals surface area contributed by atoms with Gasteiger partial charge in [-0.2, -0.15) is 5.10 Å². The van der Waals surface area contributed by atoms with Gasteiger partial charge in [-0.05, 0) is 55.0 Å². The van der Waals surface area contributed by atoms with Crippen molar-refractivity contribution in [3.8, 4) is 11.3 Å². The van der Waals surface area contributed by atoms with Gasteiger partial charge < -0.3 is 5.32 Å². The molecule has 0 fully saturated rings. The van der Waals surface area contributed by atoms with Crippen LogP contribution in [0.2, 0.25) is 0 Å². The van der Waals surface area contributed by atoms with Crippen molar-refractivity contribution in [2.24, 2.45) is 0 Å². The van der Waals surface area contributed by atoms with Crippen molar-refractivity contribution in [1.82, 2.24) is 15.5 Å². The number of fused-ring (bicyclic) bond motifs is 1. The van der Waals surface area contributed by atoms with E-state index < -0.39 is 0 Å². The minimum atomic E-state index is -0.223. The lowest BCUT2D eigenvalue weighted by Gasteiger charge is -2.26. The summed E-state index contributed by atoms with van der Waals surface area (Å²) in [6, 6.07) is 16.0. The lowest BCUT2D eigenvalue weighted by atomic mass is 9.88. The number of aryl methyl sites for hydroxylation is 2. The number of H-pyrrole nitrogens is 1. The van der Waals surface area contributed by atoms with Gasteiger partial charge in [0.2, 0.25) is 0 Å². The Bertz CT molecular complexity index is 982. The van der Waals surface area contributed by atoms with Crippen LogP contribution in [-0.2, 0) is 6.42 Å². The van der Waals surface area contributed by atoms with E-state index in [1.54, 1.807) is 0 Å². The highest BCUT2D eigenvalue weighted by atomic mass is 79.9. The Morgan fingerprint density at radius 1 is 1.22 bits per heavy atom. The van der Waals surface area contributed by atoms with Crippen LogP contribution in [0.5, 0.6) is 0 Å². The van der Waals surface area contributed by atoms with E-state index in [-0.39, 0.29) is 12.1 Å². The summed E-state index contributed by atoms with van der Waals surface area (Å²) >= 11 is 3.51. The van der Waals surface area contributed by atoms with Crippen molar-refractivity contribution in [3.63, 3.8) is 0 Å². The Labute approximate surface area is 166 Å². The SMILES string of the molecule is Cc1cc(-c2cc(NC(=O)N[C@H]3CCCc4ccccc43)[nH]n2)ccc1Br. The number of nitrogens with one attached hydrogen (secondary N) is 3. The number of carbonyl (C=O) groups is 1. The van der Waals surface area contributed by atoms with Gasteiger partial charge in [-0.25, -0.2) is 4.79 Å². The summed E-state index contributed by atoms with van der Waals surface area (Å²) in [5, 5.41) is 13.1. The molecule has 0 spiro atoms. The highest BCUT2D eigenvalue weighted by molar-refractivity contribution is 9.10. The van der Waals surface area contributed by atoms with E-state index in [1.807, 2.05) is 31.2 Å². The first-order valence-electron chi connectivity index (χ1n) is 9.07. The van der Waals surface area contributed by atoms with Gasteiger partial charge in [0, 0.05) is 16.1 Å². The fourth-order valence-corrected chi connectivity index (χ4v) is 3.80. The first-order chi connectivity index (χ1) is 13.1. The zero-order chi connectivity index (χ0) is 18.8. The fraction of sp³-hybridized carbons (Fsp3) is 0.238. The van der Waals surface area contributed by atoms with Gasteiger partial charge in [-0.3, -0.25) is 10.4 Å². The van der Waals surface area contributed by atoms with Crippen molar-refractivity contribution in [2.75, 3.05) is 5.32 Å². The number of aromatic nitrogens is 2. The molecular weight excluding hydrogens is 404 g/mol. The number of aromatic amines is 1. The summed E-state index contributed by atoms with van der Waals surface area (Å²) in [6.45, 7) is 2.04. The smallest absolute Gasteiger partial charge is 0.320 e. The van der Waals surface area contributed by atoms with Crippen LogP contribution < -0.4 is 10.6 Å². The summed E-state index contributed by atoms with van der Waals surface area (Å²) in [5.74, 6) is 0.576. The molecule has 1 heterocycles. The van der Waals surface area contributed by atoms with Gasteiger partial charge in [0.25, 0.3) is 0 Å². The summed E-state index contributed by atoms with van der Waals surface area (Å²) < 4.78 is 1.06. The number of rotatable bonds is 3. The molecule has 3 aromatic rings. The molecule has 1 aliphatic carbocycles. The number of carbonyl (C=O) groups excluding carboxylic acids is 1. The van der Waals surface area contributed by atoms with Crippen LogP contribution in [0.25, 0.3) is 11.3 Å². The zero-order valence-electron chi connectivity index (χ0n) is 15.1. The monoisotopic (exact) mass is 424 g/mol. The van der Waals surface area contributed by atoms with Gasteiger partial charge >= 0.3 is 6.03 Å². The number of hydrogen-bond acceptors (Lipinski definition) is 2. The molecule has 0 unspecified atom stereocenters. The molecule has 0 aliphatic heterocycles. The standard InChI is InChI=1S/C21H21BrN4O/c1-13-11-15(9-10-17(13)22)19-12-20(26-25-19)24-21(27)23-18-8-4-6-14-5-2-3-7-16(14)18/h2-3,5,7,9-12,18H,4,6,8H2,1H3,(H3,23,24,25,26,27)/t18-/m0/s1. The molecular formula is C21H21BrN4O. The van der Waals surface area contributed by atoms with E-state index in [0.29, 0.717) is 5.82 Å². The fourth-order valence-electron chi connectivity index (χ4n) is 3.56. The molecule has 2 amide bonds. The number of amides is 2. The van der Waals surface area contributed by atoms with Gasteiger partial charge in [0.1, 0.15) is 5.82 Å². The molecule has 5 nitrogen and oxygen atoms in total. The van der Waals surface area contributed by atoms with Crippen molar-refractivity contribution in [1.29, 1.82) is 0 Å². The Hall–Kier alpha value is -2.60. The summed E-state index contributed by atoms with van der Waals surface area (Å²) in [6.07, 6.45) is 3.11. The molecule has 138 valence electrons. The third-order valence-electron chi connectivity index (χ3n) is 4.95. The van der Waals surface area contributed by atoms with Gasteiger partial charge in [-0.15, -0.1) is 0 Å². The van der Waals surface area contributed by atoms with Crippen LogP contribution in [0.4, 0.5) is 10.6 Å². The van der Waals surface area contributed by atoms with Crippen LogP contribution in [0, 0.1) is 6.92 Å². The van der Waals surface area contributed by atoms with E-state index in [9.17, 15) is 4.79 Å². The average Bonchev–Trinajstić information content (AvgIpc) is 3.12. The molecule has 0 radical (unpaired) electrons. The highest BCUT2D eigenvalue weighted by Crippen LogP contribution is 2.29. The second kappa shape index (κ2) is 7.56. The Morgan fingerprint density at radius 3 is 2.93 bits per heavy atom. The van der Waals surface area contributed by atoms with Crippen LogP contribution in [-0.4, -0.2) is 16.2 Å². The third kappa shape index (κ3) is 3.90. The maximum Gasteiger partial charge on any atom is 0.320 e. The summed E-state index contributed by atoms with van der Waals surface area (Å²) in [7, 11) is 0. The summed E-state index contributed by atoms with van der Waals surface area (Å²) in [5.41, 5.74) is 5.47. The van der Waals surface area contributed by atoms with E-state index >= 15 is 0 Å². The van der Waals surface area contributed by atoms with Crippen LogP contribution in [0.3, 0.4) is 0 Å². The average molecular weight is 425 g/mol. The zero-order valence-corrected chi connectivity index (χ0v) is 16.6. The predicted molar refractivity (Wildman–Crippen MR) is 111 cm³/mol. The minimum Gasteiger partial charge on any atom is -0.331 e. The summed E-state index contributed by atoms with van der Waals surface area (Å²) in [4.78, 5) is 12.5. The van der Waals surface area contributed by atoms with Gasteiger partial charge in [0.15, 0.2) is 0 Å². The first-order valence-corrected chi connectivity index (χ1v) is 9.87. The molecule has 1 atom stereocenters. The van der Waals surface area contributed by atoms with Crippen molar-refractivity contribution < 1.29 is 4.79 Å². The molecule has 3 N–H and O–H groups in total. The molecule has 1 aliphatic rings. The molecule has 2 aromatic carbocycles. The molecule has 4 rings (SSSR count).